The van der Waals surface area contributed by atoms with Gasteiger partial charge in [0.25, 0.3) is 0 Å². The van der Waals surface area contributed by atoms with E-state index in [-0.39, 0.29) is 12.3 Å². The molecule has 0 bridgehead atoms. The smallest absolute Gasteiger partial charge is 0.167 e. The topological polar surface area (TPSA) is 146 Å². The molecule has 1 aliphatic heterocycles. The standard InChI is InChI=1S/C17H18ClN5O5/c18-9-1-2-10(25)8(3-9)4-19-15-12-16(21-6-20-15)23(7-22-12)17-14(27)13(26)11(5-24)28-17/h1-3,6-7,11,13-14,17,24-27H,4-5H2,(H,19,20,21)/t11-,13-,14+,17-/m1/s1. The molecule has 0 amide bonds. The van der Waals surface area contributed by atoms with Crippen molar-refractivity contribution in [3.63, 3.8) is 0 Å². The minimum absolute atomic E-state index is 0.0965. The van der Waals surface area contributed by atoms with E-state index in [0.717, 1.165) is 0 Å². The van der Waals surface area contributed by atoms with Gasteiger partial charge in [0.2, 0.25) is 0 Å². The van der Waals surface area contributed by atoms with Gasteiger partial charge in [0.1, 0.15) is 30.4 Å². The number of phenolic OH excluding ortho intramolecular Hbond substituents is 1. The van der Waals surface area contributed by atoms with Gasteiger partial charge in [-0.1, -0.05) is 11.6 Å². The van der Waals surface area contributed by atoms with E-state index >= 15 is 0 Å². The Hall–Kier alpha value is -2.50. The first-order valence-electron chi connectivity index (χ1n) is 8.51. The number of phenols is 1. The highest BCUT2D eigenvalue weighted by Crippen LogP contribution is 2.32. The Labute approximate surface area is 164 Å². The second-order valence-corrected chi connectivity index (χ2v) is 6.84. The van der Waals surface area contributed by atoms with Gasteiger partial charge in [0.15, 0.2) is 23.2 Å². The van der Waals surface area contributed by atoms with Crippen molar-refractivity contribution in [1.29, 1.82) is 0 Å². The number of aliphatic hydroxyl groups excluding tert-OH is 3. The van der Waals surface area contributed by atoms with Gasteiger partial charge in [0.05, 0.1) is 12.9 Å². The van der Waals surface area contributed by atoms with Crippen LogP contribution >= 0.6 is 11.6 Å². The summed E-state index contributed by atoms with van der Waals surface area (Å²) >= 11 is 5.96. The van der Waals surface area contributed by atoms with Gasteiger partial charge in [-0.15, -0.1) is 0 Å². The first-order chi connectivity index (χ1) is 13.5. The number of halogens is 1. The summed E-state index contributed by atoms with van der Waals surface area (Å²) in [6.07, 6.45) is -1.58. The molecule has 0 radical (unpaired) electrons. The molecule has 1 aliphatic rings. The van der Waals surface area contributed by atoms with Gasteiger partial charge in [-0.3, -0.25) is 4.57 Å². The predicted molar refractivity (Wildman–Crippen MR) is 98.8 cm³/mol. The molecule has 0 unspecified atom stereocenters. The van der Waals surface area contributed by atoms with E-state index in [1.54, 1.807) is 12.1 Å². The fourth-order valence-corrected chi connectivity index (χ4v) is 3.35. The molecular weight excluding hydrogens is 390 g/mol. The fraction of sp³-hybridized carbons (Fsp3) is 0.353. The highest BCUT2D eigenvalue weighted by molar-refractivity contribution is 6.30. The van der Waals surface area contributed by atoms with Crippen molar-refractivity contribution < 1.29 is 25.2 Å². The number of rotatable bonds is 5. The van der Waals surface area contributed by atoms with Crippen LogP contribution < -0.4 is 5.32 Å². The predicted octanol–water partition coefficient (Wildman–Crippen LogP) is 0.409. The van der Waals surface area contributed by atoms with Gasteiger partial charge >= 0.3 is 0 Å². The van der Waals surface area contributed by atoms with Crippen LogP contribution in [0.4, 0.5) is 5.82 Å². The second-order valence-electron chi connectivity index (χ2n) is 6.40. The molecule has 4 atom stereocenters. The van der Waals surface area contributed by atoms with Crippen molar-refractivity contribution in [1.82, 2.24) is 19.5 Å². The Morgan fingerprint density at radius 1 is 1.18 bits per heavy atom. The number of anilines is 1. The van der Waals surface area contributed by atoms with Crippen LogP contribution in [0.15, 0.2) is 30.9 Å². The lowest BCUT2D eigenvalue weighted by atomic mass is 10.1. The number of fused-ring (bicyclic) bond motifs is 1. The number of aromatic hydroxyl groups is 1. The van der Waals surface area contributed by atoms with E-state index in [1.807, 2.05) is 0 Å². The van der Waals surface area contributed by atoms with Crippen molar-refractivity contribution in [2.75, 3.05) is 11.9 Å². The first-order valence-corrected chi connectivity index (χ1v) is 8.88. The maximum absolute atomic E-state index is 10.2. The van der Waals surface area contributed by atoms with Gasteiger partial charge in [-0.05, 0) is 18.2 Å². The molecule has 1 fully saturated rings. The Morgan fingerprint density at radius 2 is 2.00 bits per heavy atom. The number of nitrogens with zero attached hydrogens (tertiary/aromatic N) is 4. The lowest BCUT2D eigenvalue weighted by Crippen LogP contribution is -2.33. The minimum atomic E-state index is -1.25. The largest absolute Gasteiger partial charge is 0.508 e. The third kappa shape index (κ3) is 3.25. The van der Waals surface area contributed by atoms with E-state index in [0.29, 0.717) is 27.6 Å². The number of benzene rings is 1. The molecule has 1 aromatic carbocycles. The van der Waals surface area contributed by atoms with E-state index < -0.39 is 31.1 Å². The molecular formula is C17H18ClN5O5. The Morgan fingerprint density at radius 3 is 2.75 bits per heavy atom. The molecule has 0 saturated carbocycles. The lowest BCUT2D eigenvalue weighted by Gasteiger charge is -2.16. The summed E-state index contributed by atoms with van der Waals surface area (Å²) in [4.78, 5) is 12.6. The van der Waals surface area contributed by atoms with Crippen molar-refractivity contribution in [3.8, 4) is 5.75 Å². The molecule has 0 spiro atoms. The molecule has 1 saturated heterocycles. The summed E-state index contributed by atoms with van der Waals surface area (Å²) in [6, 6.07) is 4.73. The Bertz CT molecular complexity index is 999. The van der Waals surface area contributed by atoms with Crippen LogP contribution in [0.5, 0.6) is 5.75 Å². The summed E-state index contributed by atoms with van der Waals surface area (Å²) in [7, 11) is 0. The van der Waals surface area contributed by atoms with Gasteiger partial charge in [0, 0.05) is 17.1 Å². The first kappa shape index (κ1) is 18.8. The van der Waals surface area contributed by atoms with E-state index in [9.17, 15) is 20.4 Å². The second kappa shape index (κ2) is 7.49. The number of nitrogens with one attached hydrogen (secondary N) is 1. The Kier molecular flexibility index (Phi) is 5.04. The quantitative estimate of drug-likeness (QED) is 0.405. The van der Waals surface area contributed by atoms with Crippen molar-refractivity contribution in [2.45, 2.75) is 31.1 Å². The number of ether oxygens (including phenoxy) is 1. The molecule has 148 valence electrons. The van der Waals surface area contributed by atoms with E-state index in [1.165, 1.54) is 23.3 Å². The van der Waals surface area contributed by atoms with E-state index in [4.69, 9.17) is 16.3 Å². The molecule has 3 aromatic rings. The monoisotopic (exact) mass is 407 g/mol. The highest BCUT2D eigenvalue weighted by atomic mass is 35.5. The SMILES string of the molecule is OC[C@H]1O[C@@H](n2cnc3c(NCc4cc(Cl)ccc4O)ncnc32)[C@@H](O)[C@@H]1O. The Balaban J connectivity index is 1.61. The molecule has 0 aliphatic carbocycles. The highest BCUT2D eigenvalue weighted by Gasteiger charge is 2.44. The number of hydrogen-bond donors (Lipinski definition) is 5. The average molecular weight is 408 g/mol. The average Bonchev–Trinajstić information content (AvgIpc) is 3.24. The molecule has 2 aromatic heterocycles. The molecule has 5 N–H and O–H groups in total. The third-order valence-corrected chi connectivity index (χ3v) is 4.87. The summed E-state index contributed by atoms with van der Waals surface area (Å²) in [5.41, 5.74) is 1.38. The third-order valence-electron chi connectivity index (χ3n) is 4.64. The van der Waals surface area contributed by atoms with Crippen molar-refractivity contribution >= 4 is 28.6 Å². The molecule has 28 heavy (non-hydrogen) atoms. The number of aromatic nitrogens is 4. The van der Waals surface area contributed by atoms with Crippen LogP contribution in [0.1, 0.15) is 11.8 Å². The van der Waals surface area contributed by atoms with Gasteiger partial charge in [-0.25, -0.2) is 15.0 Å². The number of imidazole rings is 1. The van der Waals surface area contributed by atoms with Crippen molar-refractivity contribution in [2.24, 2.45) is 0 Å². The van der Waals surface area contributed by atoms with Crippen LogP contribution in [0.2, 0.25) is 5.02 Å². The summed E-state index contributed by atoms with van der Waals surface area (Å²) in [6.45, 7) is -0.175. The van der Waals surface area contributed by atoms with Crippen LogP contribution in [0, 0.1) is 0 Å². The zero-order valence-electron chi connectivity index (χ0n) is 14.5. The molecule has 10 nitrogen and oxygen atoms in total. The van der Waals surface area contributed by atoms with Crippen LogP contribution in [-0.2, 0) is 11.3 Å². The number of aliphatic hydroxyl groups is 3. The summed E-state index contributed by atoms with van der Waals surface area (Å²) in [5.74, 6) is 0.508. The summed E-state index contributed by atoms with van der Waals surface area (Å²) < 4.78 is 7.00. The zero-order valence-corrected chi connectivity index (χ0v) is 15.2. The van der Waals surface area contributed by atoms with E-state index in [2.05, 4.69) is 20.3 Å². The fourth-order valence-electron chi connectivity index (χ4n) is 3.15. The van der Waals surface area contributed by atoms with Crippen LogP contribution in [-0.4, -0.2) is 64.9 Å². The maximum Gasteiger partial charge on any atom is 0.167 e. The number of hydrogen-bond acceptors (Lipinski definition) is 9. The normalized spacial score (nSPS) is 24.7. The molecule has 3 heterocycles. The van der Waals surface area contributed by atoms with Crippen molar-refractivity contribution in [3.05, 3.63) is 41.4 Å². The van der Waals surface area contributed by atoms with Gasteiger partial charge < -0.3 is 30.5 Å². The maximum atomic E-state index is 10.2. The lowest BCUT2D eigenvalue weighted by molar-refractivity contribution is -0.0511. The molecule has 4 rings (SSSR count). The molecule has 11 heteroatoms. The zero-order chi connectivity index (χ0) is 19.8. The summed E-state index contributed by atoms with van der Waals surface area (Å²) in [5, 5.41) is 43.0. The van der Waals surface area contributed by atoms with Gasteiger partial charge in [-0.2, -0.15) is 0 Å². The van der Waals surface area contributed by atoms with Crippen LogP contribution in [0.3, 0.4) is 0 Å². The minimum Gasteiger partial charge on any atom is -0.508 e. The van der Waals surface area contributed by atoms with Crippen LogP contribution in [0.25, 0.3) is 11.2 Å².